The molecule has 3 aliphatic rings. The molecule has 2 aromatic rings. The molecular weight excluding hydrogens is 475 g/mol. The van der Waals surface area contributed by atoms with Gasteiger partial charge in [-0.3, -0.25) is 9.69 Å². The number of nitrogens with zero attached hydrogens (tertiary/aromatic N) is 2. The van der Waals surface area contributed by atoms with Crippen LogP contribution in [0.25, 0.3) is 0 Å². The quantitative estimate of drug-likeness (QED) is 0.342. The molecule has 4 nitrogen and oxygen atoms in total. The highest BCUT2D eigenvalue weighted by Crippen LogP contribution is 2.43. The molecule has 0 amide bonds. The molecule has 5 heteroatoms. The predicted molar refractivity (Wildman–Crippen MR) is 151 cm³/mol. The lowest BCUT2D eigenvalue weighted by molar-refractivity contribution is -0.139. The summed E-state index contributed by atoms with van der Waals surface area (Å²) in [7, 11) is 0. The van der Waals surface area contributed by atoms with Crippen LogP contribution >= 0.6 is 0 Å². The third kappa shape index (κ3) is 7.45. The summed E-state index contributed by atoms with van der Waals surface area (Å²) < 4.78 is 13.2. The van der Waals surface area contributed by atoms with E-state index in [-0.39, 0.29) is 12.4 Å². The number of piperidine rings is 1. The van der Waals surface area contributed by atoms with Crippen molar-refractivity contribution in [3.63, 3.8) is 0 Å². The Bertz CT molecular complexity index is 1000. The van der Waals surface area contributed by atoms with Gasteiger partial charge in [0.15, 0.2) is 0 Å². The number of hydrogen-bond donors (Lipinski definition) is 1. The summed E-state index contributed by atoms with van der Waals surface area (Å²) in [6.45, 7) is 4.60. The summed E-state index contributed by atoms with van der Waals surface area (Å²) >= 11 is 0. The molecule has 0 radical (unpaired) electrons. The summed E-state index contributed by atoms with van der Waals surface area (Å²) in [6.07, 6.45) is 12.0. The van der Waals surface area contributed by atoms with Gasteiger partial charge in [-0.15, -0.1) is 0 Å². The Morgan fingerprint density at radius 2 is 1.68 bits per heavy atom. The molecule has 2 saturated carbocycles. The number of carbonyl (C=O) groups is 1. The van der Waals surface area contributed by atoms with Crippen LogP contribution in [-0.2, 0) is 11.2 Å². The van der Waals surface area contributed by atoms with Gasteiger partial charge in [0.1, 0.15) is 5.82 Å². The van der Waals surface area contributed by atoms with Crippen molar-refractivity contribution in [3.8, 4) is 0 Å². The fourth-order valence-electron chi connectivity index (χ4n) is 7.26. The summed E-state index contributed by atoms with van der Waals surface area (Å²) in [4.78, 5) is 16.7. The average Bonchev–Trinajstić information content (AvgIpc) is 3.31. The number of benzene rings is 2. The van der Waals surface area contributed by atoms with Gasteiger partial charge in [0.25, 0.3) is 0 Å². The molecule has 1 heterocycles. The van der Waals surface area contributed by atoms with Gasteiger partial charge in [-0.05, 0) is 111 Å². The van der Waals surface area contributed by atoms with Crippen LogP contribution in [0.2, 0.25) is 0 Å². The van der Waals surface area contributed by atoms with E-state index in [0.717, 1.165) is 38.3 Å². The van der Waals surface area contributed by atoms with Crippen molar-refractivity contribution in [2.75, 3.05) is 32.7 Å². The standard InChI is InChI=1S/C33H45FN2O2/c34-30-14-12-25(13-15-30)6-4-7-26-16-18-35(19-17-26)23-29-20-31(21-32(29)28-10-2-1-3-11-28)36(24-33(37)38)22-27-8-5-9-27/h1-3,10-15,26-27,29,31-32H,4-9,16-24H2,(H,37,38)/t29-,31?,32-/m1/s1. The molecule has 1 unspecified atom stereocenters. The van der Waals surface area contributed by atoms with Crippen LogP contribution in [-0.4, -0.2) is 59.6 Å². The highest BCUT2D eigenvalue weighted by Gasteiger charge is 2.40. The maximum Gasteiger partial charge on any atom is 0.317 e. The molecule has 0 spiro atoms. The fraction of sp³-hybridized carbons (Fsp3) is 0.606. The summed E-state index contributed by atoms with van der Waals surface area (Å²) in [6, 6.07) is 18.3. The Kier molecular flexibility index (Phi) is 9.50. The number of carboxylic acids is 1. The van der Waals surface area contributed by atoms with Gasteiger partial charge in [0.2, 0.25) is 0 Å². The molecule has 1 aliphatic heterocycles. The van der Waals surface area contributed by atoms with Gasteiger partial charge in [-0.25, -0.2) is 4.39 Å². The Hall–Kier alpha value is -2.24. The largest absolute Gasteiger partial charge is 0.480 e. The van der Waals surface area contributed by atoms with E-state index >= 15 is 0 Å². The molecular formula is C33H45FN2O2. The van der Waals surface area contributed by atoms with Gasteiger partial charge >= 0.3 is 5.97 Å². The second-order valence-corrected chi connectivity index (χ2v) is 12.3. The first-order chi connectivity index (χ1) is 18.5. The molecule has 5 rings (SSSR count). The lowest BCUT2D eigenvalue weighted by Crippen LogP contribution is -2.42. The Morgan fingerprint density at radius 1 is 0.947 bits per heavy atom. The van der Waals surface area contributed by atoms with Crippen LogP contribution in [0.4, 0.5) is 4.39 Å². The second kappa shape index (κ2) is 13.2. The summed E-state index contributed by atoms with van der Waals surface area (Å²) in [5.41, 5.74) is 2.66. The van der Waals surface area contributed by atoms with E-state index in [1.807, 2.05) is 12.1 Å². The monoisotopic (exact) mass is 520 g/mol. The number of aryl methyl sites for hydroxylation is 1. The van der Waals surface area contributed by atoms with Gasteiger partial charge in [0.05, 0.1) is 6.54 Å². The van der Waals surface area contributed by atoms with Crippen molar-refractivity contribution in [1.29, 1.82) is 0 Å². The van der Waals surface area contributed by atoms with Crippen molar-refractivity contribution in [2.45, 2.75) is 76.2 Å². The molecule has 0 aromatic heterocycles. The second-order valence-electron chi connectivity index (χ2n) is 12.3. The molecule has 38 heavy (non-hydrogen) atoms. The van der Waals surface area contributed by atoms with E-state index in [9.17, 15) is 14.3 Å². The van der Waals surface area contributed by atoms with Gasteiger partial charge in [-0.1, -0.05) is 55.3 Å². The number of aliphatic carboxylic acids is 1. The third-order valence-corrected chi connectivity index (χ3v) is 9.66. The number of carboxylic acid groups (broad SMARTS) is 1. The van der Waals surface area contributed by atoms with Crippen LogP contribution in [0.1, 0.15) is 74.8 Å². The first kappa shape index (κ1) is 27.3. The first-order valence-corrected chi connectivity index (χ1v) is 15.0. The third-order valence-electron chi connectivity index (χ3n) is 9.66. The number of rotatable bonds is 12. The highest BCUT2D eigenvalue weighted by molar-refractivity contribution is 5.69. The van der Waals surface area contributed by atoms with Crippen molar-refractivity contribution in [3.05, 3.63) is 71.5 Å². The smallest absolute Gasteiger partial charge is 0.317 e. The van der Waals surface area contributed by atoms with E-state index in [1.54, 1.807) is 12.1 Å². The molecule has 1 N–H and O–H groups in total. The number of halogens is 1. The van der Waals surface area contributed by atoms with Crippen molar-refractivity contribution in [1.82, 2.24) is 9.80 Å². The lowest BCUT2D eigenvalue weighted by Gasteiger charge is -2.36. The van der Waals surface area contributed by atoms with Crippen LogP contribution in [0.15, 0.2) is 54.6 Å². The Balaban J connectivity index is 1.15. The minimum Gasteiger partial charge on any atom is -0.480 e. The van der Waals surface area contributed by atoms with E-state index in [4.69, 9.17) is 0 Å². The van der Waals surface area contributed by atoms with Crippen LogP contribution in [0, 0.1) is 23.6 Å². The fourth-order valence-corrected chi connectivity index (χ4v) is 7.26. The average molecular weight is 521 g/mol. The number of hydrogen-bond acceptors (Lipinski definition) is 3. The van der Waals surface area contributed by atoms with Crippen LogP contribution in [0.3, 0.4) is 0 Å². The minimum atomic E-state index is -0.689. The predicted octanol–water partition coefficient (Wildman–Crippen LogP) is 6.61. The van der Waals surface area contributed by atoms with E-state index in [0.29, 0.717) is 23.8 Å². The minimum absolute atomic E-state index is 0.155. The topological polar surface area (TPSA) is 43.8 Å². The maximum atomic E-state index is 13.2. The SMILES string of the molecule is O=C(O)CN(CC1CCC1)C1C[C@H](CN2CCC(CCCc3ccc(F)cc3)CC2)[C@@H](c2ccccc2)C1. The van der Waals surface area contributed by atoms with Crippen molar-refractivity contribution < 1.29 is 14.3 Å². The number of likely N-dealkylation sites (tertiary alicyclic amines) is 1. The Morgan fingerprint density at radius 3 is 2.34 bits per heavy atom. The Labute approximate surface area is 228 Å². The zero-order chi connectivity index (χ0) is 26.3. The molecule has 3 atom stereocenters. The molecule has 3 fully saturated rings. The van der Waals surface area contributed by atoms with Gasteiger partial charge in [-0.2, -0.15) is 0 Å². The zero-order valence-corrected chi connectivity index (χ0v) is 22.8. The highest BCUT2D eigenvalue weighted by atomic mass is 19.1. The molecule has 206 valence electrons. The van der Waals surface area contributed by atoms with Crippen molar-refractivity contribution >= 4 is 5.97 Å². The molecule has 2 aromatic carbocycles. The first-order valence-electron chi connectivity index (χ1n) is 15.0. The van der Waals surface area contributed by atoms with Crippen LogP contribution < -0.4 is 0 Å². The van der Waals surface area contributed by atoms with E-state index in [1.165, 1.54) is 69.2 Å². The van der Waals surface area contributed by atoms with E-state index < -0.39 is 5.97 Å². The molecule has 2 aliphatic carbocycles. The lowest BCUT2D eigenvalue weighted by atomic mass is 9.84. The van der Waals surface area contributed by atoms with Crippen LogP contribution in [0.5, 0.6) is 0 Å². The molecule has 0 bridgehead atoms. The maximum absolute atomic E-state index is 13.2. The normalized spacial score (nSPS) is 25.1. The summed E-state index contributed by atoms with van der Waals surface area (Å²) in [5, 5.41) is 9.65. The van der Waals surface area contributed by atoms with Crippen molar-refractivity contribution in [2.24, 2.45) is 17.8 Å². The van der Waals surface area contributed by atoms with Gasteiger partial charge < -0.3 is 10.0 Å². The van der Waals surface area contributed by atoms with E-state index in [2.05, 4.69) is 40.1 Å². The van der Waals surface area contributed by atoms with Gasteiger partial charge in [0, 0.05) is 19.1 Å². The molecule has 1 saturated heterocycles. The zero-order valence-electron chi connectivity index (χ0n) is 22.8. The summed E-state index contributed by atoms with van der Waals surface area (Å²) in [5.74, 6) is 1.72.